The van der Waals surface area contributed by atoms with Crippen LogP contribution in [0.15, 0.2) is 18.2 Å². The van der Waals surface area contributed by atoms with Gasteiger partial charge in [0, 0.05) is 12.1 Å². The maximum atomic E-state index is 11.8. The summed E-state index contributed by atoms with van der Waals surface area (Å²) in [6.07, 6.45) is -0.964. The van der Waals surface area contributed by atoms with Crippen molar-refractivity contribution in [3.05, 3.63) is 23.8 Å². The molecule has 1 rings (SSSR count). The zero-order valence-corrected chi connectivity index (χ0v) is 11.0. The number of hydrogen-bond donors (Lipinski definition) is 3. The van der Waals surface area contributed by atoms with Crippen LogP contribution in [-0.2, 0) is 0 Å². The fraction of sp³-hybridized carbons (Fsp3) is 0.462. The van der Waals surface area contributed by atoms with Crippen molar-refractivity contribution in [2.45, 2.75) is 13.0 Å². The van der Waals surface area contributed by atoms with Crippen LogP contribution in [0.3, 0.4) is 0 Å². The largest absolute Gasteiger partial charge is 0.493 e. The van der Waals surface area contributed by atoms with Gasteiger partial charge < -0.3 is 25.0 Å². The Morgan fingerprint density at radius 1 is 1.42 bits per heavy atom. The number of rotatable bonds is 7. The molecular formula is C13H19NO5. The lowest BCUT2D eigenvalue weighted by Crippen LogP contribution is -2.33. The third kappa shape index (κ3) is 4.42. The molecule has 0 aliphatic carbocycles. The molecule has 6 nitrogen and oxygen atoms in total. The average Bonchev–Trinajstić information content (AvgIpc) is 2.44. The fourth-order valence-electron chi connectivity index (χ4n) is 1.46. The van der Waals surface area contributed by atoms with Gasteiger partial charge in [0.25, 0.3) is 5.91 Å². The van der Waals surface area contributed by atoms with Crippen molar-refractivity contribution >= 4 is 5.91 Å². The minimum Gasteiger partial charge on any atom is -0.493 e. The summed E-state index contributed by atoms with van der Waals surface area (Å²) in [5.74, 6) is 0.685. The predicted octanol–water partition coefficient (Wildman–Crippen LogP) is 0.177. The number of carbonyl (C=O) groups is 1. The SMILES string of the molecule is CCOc1cc(C(=O)NCC(O)CO)ccc1OC. The molecule has 1 unspecified atom stereocenters. The van der Waals surface area contributed by atoms with Crippen LogP contribution in [0.4, 0.5) is 0 Å². The van der Waals surface area contributed by atoms with Crippen LogP contribution in [-0.4, -0.2) is 49.1 Å². The Hall–Kier alpha value is -1.79. The molecule has 1 atom stereocenters. The van der Waals surface area contributed by atoms with E-state index in [-0.39, 0.29) is 12.5 Å². The van der Waals surface area contributed by atoms with Gasteiger partial charge in [0.2, 0.25) is 0 Å². The molecule has 3 N–H and O–H groups in total. The summed E-state index contributed by atoms with van der Waals surface area (Å²) in [5, 5.41) is 20.3. The summed E-state index contributed by atoms with van der Waals surface area (Å²) in [6.45, 7) is 1.90. The second kappa shape index (κ2) is 7.60. The zero-order chi connectivity index (χ0) is 14.3. The third-order valence-electron chi connectivity index (χ3n) is 2.43. The number of carbonyl (C=O) groups excluding carboxylic acids is 1. The van der Waals surface area contributed by atoms with Crippen molar-refractivity contribution in [3.63, 3.8) is 0 Å². The van der Waals surface area contributed by atoms with Gasteiger partial charge in [0.05, 0.1) is 26.4 Å². The fourth-order valence-corrected chi connectivity index (χ4v) is 1.46. The maximum Gasteiger partial charge on any atom is 0.251 e. The van der Waals surface area contributed by atoms with Gasteiger partial charge in [-0.25, -0.2) is 0 Å². The van der Waals surface area contributed by atoms with E-state index < -0.39 is 12.7 Å². The minimum atomic E-state index is -0.964. The van der Waals surface area contributed by atoms with Crippen molar-refractivity contribution in [2.24, 2.45) is 0 Å². The number of ether oxygens (including phenoxy) is 2. The first kappa shape index (κ1) is 15.3. The Labute approximate surface area is 112 Å². The first-order valence-electron chi connectivity index (χ1n) is 6.00. The number of methoxy groups -OCH3 is 1. The molecule has 106 valence electrons. The van der Waals surface area contributed by atoms with Gasteiger partial charge in [-0.15, -0.1) is 0 Å². The smallest absolute Gasteiger partial charge is 0.251 e. The van der Waals surface area contributed by atoms with Gasteiger partial charge in [-0.05, 0) is 25.1 Å². The Morgan fingerprint density at radius 3 is 2.74 bits per heavy atom. The maximum absolute atomic E-state index is 11.8. The molecule has 19 heavy (non-hydrogen) atoms. The van der Waals surface area contributed by atoms with E-state index in [1.165, 1.54) is 7.11 Å². The Balaban J connectivity index is 2.77. The van der Waals surface area contributed by atoms with E-state index in [1.54, 1.807) is 18.2 Å². The van der Waals surface area contributed by atoms with Crippen LogP contribution in [0.1, 0.15) is 17.3 Å². The molecule has 1 aromatic rings. The minimum absolute atomic E-state index is 0.00860. The van der Waals surface area contributed by atoms with Crippen LogP contribution in [0, 0.1) is 0 Å². The number of nitrogens with one attached hydrogen (secondary N) is 1. The highest BCUT2D eigenvalue weighted by Gasteiger charge is 2.12. The summed E-state index contributed by atoms with van der Waals surface area (Å²) in [6, 6.07) is 4.81. The number of hydrogen-bond acceptors (Lipinski definition) is 5. The Morgan fingerprint density at radius 2 is 2.16 bits per heavy atom. The molecule has 0 bridgehead atoms. The van der Waals surface area contributed by atoms with Gasteiger partial charge in [-0.1, -0.05) is 0 Å². The van der Waals surface area contributed by atoms with E-state index in [1.807, 2.05) is 6.92 Å². The molecule has 0 aliphatic heterocycles. The standard InChI is InChI=1S/C13H19NO5/c1-3-19-12-6-9(4-5-11(12)18-2)13(17)14-7-10(16)8-15/h4-6,10,15-16H,3,7-8H2,1-2H3,(H,14,17). The molecule has 0 fully saturated rings. The van der Waals surface area contributed by atoms with Gasteiger partial charge in [0.15, 0.2) is 11.5 Å². The lowest BCUT2D eigenvalue weighted by atomic mass is 10.2. The van der Waals surface area contributed by atoms with Crippen molar-refractivity contribution in [2.75, 3.05) is 26.9 Å². The van der Waals surface area contributed by atoms with Crippen LogP contribution < -0.4 is 14.8 Å². The molecule has 1 amide bonds. The van der Waals surface area contributed by atoms with Gasteiger partial charge in [-0.2, -0.15) is 0 Å². The molecule has 0 spiro atoms. The number of benzene rings is 1. The summed E-state index contributed by atoms with van der Waals surface area (Å²) < 4.78 is 10.5. The van der Waals surface area contributed by atoms with Gasteiger partial charge >= 0.3 is 0 Å². The van der Waals surface area contributed by atoms with Crippen LogP contribution in [0.5, 0.6) is 11.5 Å². The Kier molecular flexibility index (Phi) is 6.11. The van der Waals surface area contributed by atoms with Crippen molar-refractivity contribution in [1.29, 1.82) is 0 Å². The second-order valence-corrected chi connectivity index (χ2v) is 3.85. The summed E-state index contributed by atoms with van der Waals surface area (Å²) in [4.78, 5) is 11.8. The molecule has 6 heteroatoms. The molecule has 0 saturated heterocycles. The second-order valence-electron chi connectivity index (χ2n) is 3.85. The summed E-state index contributed by atoms with van der Waals surface area (Å²) in [7, 11) is 1.52. The van der Waals surface area contributed by atoms with Crippen molar-refractivity contribution in [3.8, 4) is 11.5 Å². The number of aliphatic hydroxyl groups is 2. The molecule has 0 radical (unpaired) electrons. The topological polar surface area (TPSA) is 88.0 Å². The van der Waals surface area contributed by atoms with Crippen LogP contribution in [0.2, 0.25) is 0 Å². The van der Waals surface area contributed by atoms with Crippen LogP contribution >= 0.6 is 0 Å². The summed E-state index contributed by atoms with van der Waals surface area (Å²) >= 11 is 0. The zero-order valence-electron chi connectivity index (χ0n) is 11.0. The molecule has 0 heterocycles. The highest BCUT2D eigenvalue weighted by atomic mass is 16.5. The normalized spacial score (nSPS) is 11.8. The monoisotopic (exact) mass is 269 g/mol. The molecular weight excluding hydrogens is 250 g/mol. The predicted molar refractivity (Wildman–Crippen MR) is 69.6 cm³/mol. The number of aliphatic hydroxyl groups excluding tert-OH is 2. The van der Waals surface area contributed by atoms with E-state index in [4.69, 9.17) is 19.7 Å². The Bertz CT molecular complexity index is 421. The highest BCUT2D eigenvalue weighted by molar-refractivity contribution is 5.94. The third-order valence-corrected chi connectivity index (χ3v) is 2.43. The van der Waals surface area contributed by atoms with Crippen LogP contribution in [0.25, 0.3) is 0 Å². The number of amides is 1. The first-order chi connectivity index (χ1) is 9.12. The van der Waals surface area contributed by atoms with E-state index in [9.17, 15) is 4.79 Å². The molecule has 0 saturated carbocycles. The lowest BCUT2D eigenvalue weighted by Gasteiger charge is -2.12. The van der Waals surface area contributed by atoms with Crippen molar-refractivity contribution in [1.82, 2.24) is 5.32 Å². The molecule has 1 aromatic carbocycles. The molecule has 0 aliphatic rings. The van der Waals surface area contributed by atoms with Gasteiger partial charge in [0.1, 0.15) is 0 Å². The quantitative estimate of drug-likeness (QED) is 0.657. The van der Waals surface area contributed by atoms with E-state index in [0.717, 1.165) is 0 Å². The van der Waals surface area contributed by atoms with E-state index in [0.29, 0.717) is 23.7 Å². The summed E-state index contributed by atoms with van der Waals surface area (Å²) in [5.41, 5.74) is 0.398. The highest BCUT2D eigenvalue weighted by Crippen LogP contribution is 2.27. The van der Waals surface area contributed by atoms with E-state index >= 15 is 0 Å². The first-order valence-corrected chi connectivity index (χ1v) is 6.00. The molecule has 0 aromatic heterocycles. The van der Waals surface area contributed by atoms with Gasteiger partial charge in [-0.3, -0.25) is 4.79 Å². The van der Waals surface area contributed by atoms with Crippen molar-refractivity contribution < 1.29 is 24.5 Å². The lowest BCUT2D eigenvalue weighted by molar-refractivity contribution is 0.0801. The van der Waals surface area contributed by atoms with E-state index in [2.05, 4.69) is 5.32 Å². The average molecular weight is 269 g/mol.